The van der Waals surface area contributed by atoms with Crippen LogP contribution in [0.4, 0.5) is 11.6 Å². The van der Waals surface area contributed by atoms with Crippen LogP contribution in [0.5, 0.6) is 0 Å². The number of rotatable bonds is 2. The summed E-state index contributed by atoms with van der Waals surface area (Å²) in [6.07, 6.45) is 0. The van der Waals surface area contributed by atoms with Crippen molar-refractivity contribution in [3.05, 3.63) is 44.9 Å². The van der Waals surface area contributed by atoms with Crippen molar-refractivity contribution in [2.75, 3.05) is 5.32 Å². The zero-order chi connectivity index (χ0) is 15.8. The molecule has 0 aliphatic heterocycles. The van der Waals surface area contributed by atoms with E-state index in [0.29, 0.717) is 11.6 Å². The van der Waals surface area contributed by atoms with Crippen molar-refractivity contribution in [3.8, 4) is 0 Å². The molecule has 0 radical (unpaired) electrons. The number of aromatic nitrogens is 3. The summed E-state index contributed by atoms with van der Waals surface area (Å²) in [4.78, 5) is 14.9. The predicted molar refractivity (Wildman–Crippen MR) is 85.3 cm³/mol. The lowest BCUT2D eigenvalue weighted by Crippen LogP contribution is -2.28. The van der Waals surface area contributed by atoms with E-state index >= 15 is 0 Å². The molecule has 0 aliphatic carbocycles. The molecule has 0 atom stereocenters. The largest absolute Gasteiger partial charge is 0.324 e. The molecule has 2 N–H and O–H groups in total. The Morgan fingerprint density at radius 3 is 2.10 bits per heavy atom. The lowest BCUT2D eigenvalue weighted by Gasteiger charge is -2.16. The summed E-state index contributed by atoms with van der Waals surface area (Å²) in [5, 5.41) is 11.3. The quantitative estimate of drug-likeness (QED) is 0.889. The number of hydrogen-bond acceptors (Lipinski definition) is 4. The highest BCUT2D eigenvalue weighted by atomic mass is 16.1. The smallest absolute Gasteiger partial charge is 0.274 e. The molecular formula is C16H22N4O. The number of H-pyrrole nitrogens is 1. The highest BCUT2D eigenvalue weighted by Crippen LogP contribution is 2.24. The maximum atomic E-state index is 12.1. The Kier molecular flexibility index (Phi) is 3.85. The summed E-state index contributed by atoms with van der Waals surface area (Å²) in [6, 6.07) is 4.18. The van der Waals surface area contributed by atoms with Gasteiger partial charge >= 0.3 is 0 Å². The standard InChI is InChI=1S/C16H22N4O/c1-9-7-10(2)12(11(3)8-9)17-15-18-14(21)13(19-20-15)16(4,5)6/h7-8H,1-6H3,(H2,17,18,20,21). The highest BCUT2D eigenvalue weighted by Gasteiger charge is 2.20. The number of anilines is 2. The minimum absolute atomic E-state index is 0.206. The maximum absolute atomic E-state index is 12.1. The van der Waals surface area contributed by atoms with Crippen molar-refractivity contribution in [1.82, 2.24) is 15.2 Å². The number of nitrogens with one attached hydrogen (secondary N) is 2. The molecule has 2 rings (SSSR count). The molecule has 5 heteroatoms. The van der Waals surface area contributed by atoms with Crippen LogP contribution in [-0.4, -0.2) is 15.2 Å². The number of hydrogen-bond donors (Lipinski definition) is 2. The summed E-state index contributed by atoms with van der Waals surface area (Å²) in [5.74, 6) is 0.364. The minimum atomic E-state index is -0.325. The molecule has 1 aromatic heterocycles. The third-order valence-electron chi connectivity index (χ3n) is 3.33. The first-order chi connectivity index (χ1) is 9.68. The summed E-state index contributed by atoms with van der Waals surface area (Å²) < 4.78 is 0. The summed E-state index contributed by atoms with van der Waals surface area (Å²) >= 11 is 0. The fourth-order valence-corrected chi connectivity index (χ4v) is 2.38. The van der Waals surface area contributed by atoms with Gasteiger partial charge in [-0.1, -0.05) is 38.5 Å². The summed E-state index contributed by atoms with van der Waals surface area (Å²) in [6.45, 7) is 11.9. The van der Waals surface area contributed by atoms with Crippen LogP contribution in [0.1, 0.15) is 43.2 Å². The van der Waals surface area contributed by atoms with Gasteiger partial charge < -0.3 is 5.32 Å². The van der Waals surface area contributed by atoms with E-state index in [1.807, 2.05) is 34.6 Å². The normalized spacial score (nSPS) is 11.5. The molecule has 112 valence electrons. The average molecular weight is 286 g/mol. The van der Waals surface area contributed by atoms with Crippen LogP contribution in [0, 0.1) is 20.8 Å². The summed E-state index contributed by atoms with van der Waals surface area (Å²) in [5.41, 5.74) is 4.28. The van der Waals surface area contributed by atoms with E-state index in [0.717, 1.165) is 16.8 Å². The molecule has 5 nitrogen and oxygen atoms in total. The molecule has 0 amide bonds. The van der Waals surface area contributed by atoms with Crippen LogP contribution >= 0.6 is 0 Å². The van der Waals surface area contributed by atoms with E-state index in [1.54, 1.807) is 0 Å². The highest BCUT2D eigenvalue weighted by molar-refractivity contribution is 5.63. The fraction of sp³-hybridized carbons (Fsp3) is 0.438. The lowest BCUT2D eigenvalue weighted by molar-refractivity contribution is 0.547. The van der Waals surface area contributed by atoms with Crippen LogP contribution in [0.3, 0.4) is 0 Å². The maximum Gasteiger partial charge on any atom is 0.274 e. The molecule has 21 heavy (non-hydrogen) atoms. The molecule has 1 aromatic carbocycles. The van der Waals surface area contributed by atoms with Crippen molar-refractivity contribution in [2.24, 2.45) is 0 Å². The fourth-order valence-electron chi connectivity index (χ4n) is 2.38. The molecule has 0 fully saturated rings. The minimum Gasteiger partial charge on any atom is -0.324 e. The second kappa shape index (κ2) is 5.31. The zero-order valence-electron chi connectivity index (χ0n) is 13.5. The van der Waals surface area contributed by atoms with Gasteiger partial charge in [-0.25, -0.2) is 0 Å². The van der Waals surface area contributed by atoms with Crippen LogP contribution in [-0.2, 0) is 5.41 Å². The van der Waals surface area contributed by atoms with Crippen LogP contribution in [0.25, 0.3) is 0 Å². The van der Waals surface area contributed by atoms with Crippen molar-refractivity contribution in [2.45, 2.75) is 47.0 Å². The molecular weight excluding hydrogens is 264 g/mol. The molecule has 0 bridgehead atoms. The first-order valence-electron chi connectivity index (χ1n) is 7.01. The SMILES string of the molecule is Cc1cc(C)c(Nc2nnc(C(C)(C)C)c(=O)[nH]2)c(C)c1. The van der Waals surface area contributed by atoms with E-state index in [-0.39, 0.29) is 11.0 Å². The van der Waals surface area contributed by atoms with Crippen LogP contribution < -0.4 is 10.9 Å². The first-order valence-corrected chi connectivity index (χ1v) is 7.01. The van der Waals surface area contributed by atoms with Gasteiger partial charge in [0, 0.05) is 11.1 Å². The number of benzene rings is 1. The van der Waals surface area contributed by atoms with Gasteiger partial charge in [-0.15, -0.1) is 10.2 Å². The van der Waals surface area contributed by atoms with Crippen molar-refractivity contribution < 1.29 is 0 Å². The Bertz CT molecular complexity index is 703. The van der Waals surface area contributed by atoms with Crippen molar-refractivity contribution in [1.29, 1.82) is 0 Å². The van der Waals surface area contributed by atoms with E-state index in [2.05, 4.69) is 39.6 Å². The van der Waals surface area contributed by atoms with E-state index in [9.17, 15) is 4.79 Å². The van der Waals surface area contributed by atoms with Gasteiger partial charge in [0.15, 0.2) is 0 Å². The molecule has 2 aromatic rings. The molecule has 1 heterocycles. The number of nitrogens with zero attached hydrogens (tertiary/aromatic N) is 2. The first kappa shape index (κ1) is 15.2. The van der Waals surface area contributed by atoms with Crippen LogP contribution in [0.2, 0.25) is 0 Å². The number of aromatic amines is 1. The Balaban J connectivity index is 2.38. The van der Waals surface area contributed by atoms with Gasteiger partial charge in [-0.05, 0) is 31.9 Å². The molecule has 0 saturated heterocycles. The Morgan fingerprint density at radius 2 is 1.62 bits per heavy atom. The van der Waals surface area contributed by atoms with Gasteiger partial charge in [0.25, 0.3) is 5.56 Å². The Labute approximate surface area is 124 Å². The van der Waals surface area contributed by atoms with Gasteiger partial charge in [-0.3, -0.25) is 9.78 Å². The van der Waals surface area contributed by atoms with Crippen molar-refractivity contribution in [3.63, 3.8) is 0 Å². The van der Waals surface area contributed by atoms with Crippen LogP contribution in [0.15, 0.2) is 16.9 Å². The topological polar surface area (TPSA) is 70.7 Å². The second-order valence-corrected chi connectivity index (χ2v) is 6.50. The number of aryl methyl sites for hydroxylation is 3. The Morgan fingerprint density at radius 1 is 1.05 bits per heavy atom. The van der Waals surface area contributed by atoms with E-state index in [4.69, 9.17) is 0 Å². The van der Waals surface area contributed by atoms with Gasteiger partial charge in [0.05, 0.1) is 0 Å². The molecule has 0 unspecified atom stereocenters. The van der Waals surface area contributed by atoms with E-state index in [1.165, 1.54) is 5.56 Å². The zero-order valence-corrected chi connectivity index (χ0v) is 13.5. The molecule has 0 spiro atoms. The third kappa shape index (κ3) is 3.29. The summed E-state index contributed by atoms with van der Waals surface area (Å²) in [7, 11) is 0. The molecule has 0 saturated carbocycles. The van der Waals surface area contributed by atoms with Gasteiger partial charge in [0.2, 0.25) is 5.95 Å². The van der Waals surface area contributed by atoms with Crippen molar-refractivity contribution >= 4 is 11.6 Å². The third-order valence-corrected chi connectivity index (χ3v) is 3.33. The Hall–Kier alpha value is -2.17. The van der Waals surface area contributed by atoms with Gasteiger partial charge in [-0.2, -0.15) is 0 Å². The lowest BCUT2D eigenvalue weighted by atomic mass is 9.93. The second-order valence-electron chi connectivity index (χ2n) is 6.50. The molecule has 0 aliphatic rings. The average Bonchev–Trinajstić information content (AvgIpc) is 2.32. The predicted octanol–water partition coefficient (Wildman–Crippen LogP) is 3.13. The van der Waals surface area contributed by atoms with E-state index < -0.39 is 0 Å². The van der Waals surface area contributed by atoms with Gasteiger partial charge in [0.1, 0.15) is 5.69 Å². The monoisotopic (exact) mass is 286 g/mol.